The third kappa shape index (κ3) is 3.49. The summed E-state index contributed by atoms with van der Waals surface area (Å²) in [5.74, 6) is 0.359. The third-order valence-electron chi connectivity index (χ3n) is 3.81. The number of nitrogens with one attached hydrogen (secondary N) is 1. The molecule has 1 fully saturated rings. The van der Waals surface area contributed by atoms with Crippen molar-refractivity contribution in [2.24, 2.45) is 0 Å². The van der Waals surface area contributed by atoms with E-state index in [9.17, 15) is 8.42 Å². The molecule has 0 radical (unpaired) electrons. The normalized spacial score (nSPS) is 18.3. The Kier molecular flexibility index (Phi) is 4.56. The predicted octanol–water partition coefficient (Wildman–Crippen LogP) is 2.02. The molecule has 1 aliphatic rings. The standard InChI is InChI=1S/C15H19N3O3S2/c1-11-3-4-13(21-2)14(9-11)23(19,20)17-12-5-7-18(10-12)15-16-6-8-22-15/h3-4,6,8-9,12,17H,5,7,10H2,1-2H3. The van der Waals surface area contributed by atoms with Crippen LogP contribution in [0.4, 0.5) is 5.13 Å². The van der Waals surface area contributed by atoms with Gasteiger partial charge in [0.25, 0.3) is 0 Å². The minimum Gasteiger partial charge on any atom is -0.495 e. The van der Waals surface area contributed by atoms with Crippen LogP contribution < -0.4 is 14.4 Å². The van der Waals surface area contributed by atoms with Crippen LogP contribution in [0.2, 0.25) is 0 Å². The Bertz CT molecular complexity index is 775. The van der Waals surface area contributed by atoms with Crippen LogP contribution in [-0.4, -0.2) is 39.6 Å². The molecule has 1 unspecified atom stereocenters. The van der Waals surface area contributed by atoms with Crippen molar-refractivity contribution in [3.63, 3.8) is 0 Å². The number of hydrogen-bond donors (Lipinski definition) is 1. The van der Waals surface area contributed by atoms with E-state index >= 15 is 0 Å². The number of methoxy groups -OCH3 is 1. The largest absolute Gasteiger partial charge is 0.495 e. The van der Waals surface area contributed by atoms with E-state index in [1.165, 1.54) is 7.11 Å². The van der Waals surface area contributed by atoms with Crippen LogP contribution in [0.3, 0.4) is 0 Å². The maximum atomic E-state index is 12.7. The van der Waals surface area contributed by atoms with E-state index in [1.807, 2.05) is 18.4 Å². The number of nitrogens with zero attached hydrogens (tertiary/aromatic N) is 2. The van der Waals surface area contributed by atoms with Crippen molar-refractivity contribution in [3.05, 3.63) is 35.3 Å². The molecular weight excluding hydrogens is 334 g/mol. The van der Waals surface area contributed by atoms with Gasteiger partial charge in [-0.1, -0.05) is 6.07 Å². The summed E-state index contributed by atoms with van der Waals surface area (Å²) in [6, 6.07) is 5.02. The van der Waals surface area contributed by atoms with Gasteiger partial charge in [-0.05, 0) is 31.0 Å². The highest BCUT2D eigenvalue weighted by Crippen LogP contribution is 2.27. The van der Waals surface area contributed by atoms with Crippen molar-refractivity contribution in [3.8, 4) is 5.75 Å². The highest BCUT2D eigenvalue weighted by Gasteiger charge is 2.29. The van der Waals surface area contributed by atoms with E-state index in [2.05, 4.69) is 14.6 Å². The molecule has 0 bridgehead atoms. The molecule has 1 aromatic carbocycles. The first kappa shape index (κ1) is 16.2. The molecule has 3 rings (SSSR count). The SMILES string of the molecule is COc1ccc(C)cc1S(=O)(=O)NC1CCN(c2nccs2)C1. The molecule has 0 saturated carbocycles. The smallest absolute Gasteiger partial charge is 0.244 e. The molecule has 1 N–H and O–H groups in total. The Labute approximate surface area is 140 Å². The summed E-state index contributed by atoms with van der Waals surface area (Å²) in [5, 5.41) is 2.85. The van der Waals surface area contributed by atoms with Gasteiger partial charge < -0.3 is 9.64 Å². The highest BCUT2D eigenvalue weighted by atomic mass is 32.2. The van der Waals surface area contributed by atoms with Gasteiger partial charge in [0.1, 0.15) is 10.6 Å². The Morgan fingerprint density at radius 3 is 2.96 bits per heavy atom. The lowest BCUT2D eigenvalue weighted by Gasteiger charge is -2.17. The quantitative estimate of drug-likeness (QED) is 0.890. The molecule has 8 heteroatoms. The zero-order valence-electron chi connectivity index (χ0n) is 13.0. The van der Waals surface area contributed by atoms with Crippen LogP contribution >= 0.6 is 11.3 Å². The summed E-state index contributed by atoms with van der Waals surface area (Å²) in [7, 11) is -2.14. The van der Waals surface area contributed by atoms with E-state index in [1.54, 1.807) is 29.7 Å². The van der Waals surface area contributed by atoms with Gasteiger partial charge in [-0.3, -0.25) is 0 Å². The second kappa shape index (κ2) is 6.46. The third-order valence-corrected chi connectivity index (χ3v) is 6.18. The minimum atomic E-state index is -3.62. The van der Waals surface area contributed by atoms with Gasteiger partial charge in [0, 0.05) is 30.7 Å². The Balaban J connectivity index is 1.76. The van der Waals surface area contributed by atoms with Crippen molar-refractivity contribution in [1.82, 2.24) is 9.71 Å². The van der Waals surface area contributed by atoms with Gasteiger partial charge in [-0.15, -0.1) is 11.3 Å². The van der Waals surface area contributed by atoms with Crippen molar-refractivity contribution >= 4 is 26.5 Å². The lowest BCUT2D eigenvalue weighted by Crippen LogP contribution is -2.37. The van der Waals surface area contributed by atoms with Gasteiger partial charge in [-0.25, -0.2) is 18.1 Å². The van der Waals surface area contributed by atoms with E-state index in [0.717, 1.165) is 23.7 Å². The molecular formula is C15H19N3O3S2. The number of aryl methyl sites for hydroxylation is 1. The maximum absolute atomic E-state index is 12.7. The summed E-state index contributed by atoms with van der Waals surface area (Å²) in [6.07, 6.45) is 2.52. The first-order chi connectivity index (χ1) is 11.0. The number of hydrogen-bond acceptors (Lipinski definition) is 6. The summed E-state index contributed by atoms with van der Waals surface area (Å²) in [5.41, 5.74) is 0.877. The van der Waals surface area contributed by atoms with Crippen LogP contribution in [-0.2, 0) is 10.0 Å². The number of anilines is 1. The second-order valence-electron chi connectivity index (χ2n) is 5.52. The first-order valence-corrected chi connectivity index (χ1v) is 9.67. The summed E-state index contributed by atoms with van der Waals surface area (Å²) < 4.78 is 33.4. The van der Waals surface area contributed by atoms with Crippen LogP contribution in [0.5, 0.6) is 5.75 Å². The number of aromatic nitrogens is 1. The summed E-state index contributed by atoms with van der Waals surface area (Å²) in [6.45, 7) is 3.28. The molecule has 1 atom stereocenters. The number of ether oxygens (including phenoxy) is 1. The second-order valence-corrected chi connectivity index (χ2v) is 8.08. The molecule has 23 heavy (non-hydrogen) atoms. The van der Waals surface area contributed by atoms with Gasteiger partial charge in [0.05, 0.1) is 7.11 Å². The fraction of sp³-hybridized carbons (Fsp3) is 0.400. The van der Waals surface area contributed by atoms with Gasteiger partial charge in [0.2, 0.25) is 10.0 Å². The Morgan fingerprint density at radius 2 is 2.26 bits per heavy atom. The van der Waals surface area contributed by atoms with E-state index in [0.29, 0.717) is 12.3 Å². The zero-order valence-corrected chi connectivity index (χ0v) is 14.7. The van der Waals surface area contributed by atoms with Gasteiger partial charge in [-0.2, -0.15) is 0 Å². The minimum absolute atomic E-state index is 0.130. The number of benzene rings is 1. The van der Waals surface area contributed by atoms with E-state index < -0.39 is 10.0 Å². The maximum Gasteiger partial charge on any atom is 0.244 e. The molecule has 1 saturated heterocycles. The molecule has 2 heterocycles. The highest BCUT2D eigenvalue weighted by molar-refractivity contribution is 7.89. The molecule has 2 aromatic rings. The number of rotatable bonds is 5. The van der Waals surface area contributed by atoms with Crippen molar-refractivity contribution in [1.29, 1.82) is 0 Å². The van der Waals surface area contributed by atoms with E-state index in [-0.39, 0.29) is 10.9 Å². The van der Waals surface area contributed by atoms with Crippen LogP contribution in [0.1, 0.15) is 12.0 Å². The Hall–Kier alpha value is -1.64. The summed E-state index contributed by atoms with van der Waals surface area (Å²) >= 11 is 1.56. The fourth-order valence-electron chi connectivity index (χ4n) is 2.68. The average molecular weight is 353 g/mol. The van der Waals surface area contributed by atoms with Crippen molar-refractivity contribution in [2.75, 3.05) is 25.1 Å². The topological polar surface area (TPSA) is 71.5 Å². The monoisotopic (exact) mass is 353 g/mol. The van der Waals surface area contributed by atoms with Gasteiger partial charge >= 0.3 is 0 Å². The number of thiazole rings is 1. The molecule has 0 spiro atoms. The predicted molar refractivity (Wildman–Crippen MR) is 90.8 cm³/mol. The average Bonchev–Trinajstić information content (AvgIpc) is 3.17. The molecule has 0 aliphatic carbocycles. The van der Waals surface area contributed by atoms with Crippen LogP contribution in [0.15, 0.2) is 34.7 Å². The molecule has 1 aromatic heterocycles. The Morgan fingerprint density at radius 1 is 1.43 bits per heavy atom. The molecule has 6 nitrogen and oxygen atoms in total. The molecule has 0 amide bonds. The van der Waals surface area contributed by atoms with Crippen molar-refractivity contribution < 1.29 is 13.2 Å². The molecule has 124 valence electrons. The fourth-order valence-corrected chi connectivity index (χ4v) is 4.87. The van der Waals surface area contributed by atoms with Crippen molar-refractivity contribution in [2.45, 2.75) is 24.3 Å². The lowest BCUT2D eigenvalue weighted by atomic mass is 10.2. The zero-order chi connectivity index (χ0) is 16.4. The first-order valence-electron chi connectivity index (χ1n) is 7.31. The molecule has 1 aliphatic heterocycles. The van der Waals surface area contributed by atoms with E-state index in [4.69, 9.17) is 4.74 Å². The lowest BCUT2D eigenvalue weighted by molar-refractivity contribution is 0.402. The summed E-state index contributed by atoms with van der Waals surface area (Å²) in [4.78, 5) is 6.56. The van der Waals surface area contributed by atoms with Crippen LogP contribution in [0, 0.1) is 6.92 Å². The number of sulfonamides is 1. The van der Waals surface area contributed by atoms with Crippen LogP contribution in [0.25, 0.3) is 0 Å². The van der Waals surface area contributed by atoms with Gasteiger partial charge in [0.15, 0.2) is 5.13 Å².